The Bertz CT molecular complexity index is 549. The third-order valence-corrected chi connectivity index (χ3v) is 2.95. The Morgan fingerprint density at radius 1 is 1.59 bits per heavy atom. The van der Waals surface area contributed by atoms with Gasteiger partial charge in [0.25, 0.3) is 0 Å². The topological polar surface area (TPSA) is 75.4 Å². The van der Waals surface area contributed by atoms with Crippen LogP contribution in [-0.2, 0) is 4.79 Å². The number of pyridine rings is 1. The van der Waals surface area contributed by atoms with Crippen LogP contribution in [0.25, 0.3) is 11.0 Å². The number of carboxylic acids is 1. The van der Waals surface area contributed by atoms with Gasteiger partial charge in [0.05, 0.1) is 11.6 Å². The van der Waals surface area contributed by atoms with Gasteiger partial charge in [-0.25, -0.2) is 9.78 Å². The van der Waals surface area contributed by atoms with Gasteiger partial charge in [0, 0.05) is 6.20 Å². The van der Waals surface area contributed by atoms with Gasteiger partial charge in [-0.05, 0) is 25.5 Å². The van der Waals surface area contributed by atoms with Gasteiger partial charge >= 0.3 is 5.97 Å². The molecule has 0 aliphatic rings. The Morgan fingerprint density at radius 2 is 2.35 bits per heavy atom. The summed E-state index contributed by atoms with van der Waals surface area (Å²) >= 11 is 0. The number of aliphatic carboxylic acids is 1. The van der Waals surface area contributed by atoms with Crippen molar-refractivity contribution in [1.29, 1.82) is 0 Å². The fourth-order valence-corrected chi connectivity index (χ4v) is 1.55. The zero-order valence-electron chi connectivity index (χ0n) is 9.73. The molecule has 5 nitrogen and oxygen atoms in total. The maximum Gasteiger partial charge on any atom is 0.329 e. The van der Waals surface area contributed by atoms with Crippen LogP contribution >= 0.6 is 0 Å². The van der Waals surface area contributed by atoms with Gasteiger partial charge in [-0.15, -0.1) is 0 Å². The highest BCUT2D eigenvalue weighted by Gasteiger charge is 2.31. The molecule has 2 aromatic rings. The molecule has 5 heteroatoms. The highest BCUT2D eigenvalue weighted by Crippen LogP contribution is 2.25. The second kappa shape index (κ2) is 4.08. The molecular formula is C12H14N2O3. The van der Waals surface area contributed by atoms with Crippen LogP contribution < -0.4 is 5.32 Å². The van der Waals surface area contributed by atoms with Crippen molar-refractivity contribution in [1.82, 2.24) is 4.98 Å². The molecule has 2 N–H and O–H groups in total. The van der Waals surface area contributed by atoms with Crippen molar-refractivity contribution in [3.05, 3.63) is 24.6 Å². The summed E-state index contributed by atoms with van der Waals surface area (Å²) < 4.78 is 5.24. The highest BCUT2D eigenvalue weighted by atomic mass is 16.4. The van der Waals surface area contributed by atoms with E-state index in [4.69, 9.17) is 4.42 Å². The molecule has 2 rings (SSSR count). The maximum atomic E-state index is 11.2. The molecule has 2 aromatic heterocycles. The number of nitrogens with one attached hydrogen (secondary N) is 1. The second-order valence-electron chi connectivity index (χ2n) is 4.11. The molecule has 1 unspecified atom stereocenters. The normalized spacial score (nSPS) is 14.5. The summed E-state index contributed by atoms with van der Waals surface area (Å²) in [6.45, 7) is 3.45. The largest absolute Gasteiger partial charge is 0.480 e. The molecule has 0 saturated heterocycles. The number of furan rings is 1. The Morgan fingerprint density at radius 3 is 3.00 bits per heavy atom. The lowest BCUT2D eigenvalue weighted by molar-refractivity contribution is -0.141. The first kappa shape index (κ1) is 11.4. The van der Waals surface area contributed by atoms with Gasteiger partial charge in [-0.2, -0.15) is 0 Å². The van der Waals surface area contributed by atoms with E-state index in [9.17, 15) is 9.90 Å². The number of hydrogen-bond acceptors (Lipinski definition) is 4. The number of fused-ring (bicyclic) bond motifs is 1. The smallest absolute Gasteiger partial charge is 0.329 e. The van der Waals surface area contributed by atoms with Crippen molar-refractivity contribution in [3.8, 4) is 0 Å². The number of carbonyl (C=O) groups is 1. The SMILES string of the molecule is CCC(C)(Nc1nccc2occc12)C(=O)O. The van der Waals surface area contributed by atoms with Crippen molar-refractivity contribution in [2.75, 3.05) is 5.32 Å². The van der Waals surface area contributed by atoms with Crippen LogP contribution in [0.4, 0.5) is 5.82 Å². The van der Waals surface area contributed by atoms with E-state index in [0.717, 1.165) is 5.39 Å². The maximum absolute atomic E-state index is 11.2. The van der Waals surface area contributed by atoms with Crippen LogP contribution in [0.5, 0.6) is 0 Å². The first-order valence-electron chi connectivity index (χ1n) is 5.40. The molecule has 2 heterocycles. The van der Waals surface area contributed by atoms with Gasteiger partial charge in [-0.3, -0.25) is 0 Å². The summed E-state index contributed by atoms with van der Waals surface area (Å²) in [5.74, 6) is -0.370. The molecule has 0 aliphatic carbocycles. The lowest BCUT2D eigenvalue weighted by Crippen LogP contribution is -2.42. The van der Waals surface area contributed by atoms with Crippen LogP contribution in [0.2, 0.25) is 0 Å². The number of aromatic nitrogens is 1. The number of rotatable bonds is 4. The lowest BCUT2D eigenvalue weighted by Gasteiger charge is -2.25. The molecule has 0 radical (unpaired) electrons. The van der Waals surface area contributed by atoms with E-state index in [1.165, 1.54) is 0 Å². The van der Waals surface area contributed by atoms with Gasteiger partial charge in [0.2, 0.25) is 0 Å². The number of anilines is 1. The number of nitrogens with zero attached hydrogens (tertiary/aromatic N) is 1. The summed E-state index contributed by atoms with van der Waals surface area (Å²) in [5.41, 5.74) is -0.343. The molecule has 0 amide bonds. The fraction of sp³-hybridized carbons (Fsp3) is 0.333. The number of carboxylic acid groups (broad SMARTS) is 1. The van der Waals surface area contributed by atoms with Gasteiger partial charge in [-0.1, -0.05) is 6.92 Å². The van der Waals surface area contributed by atoms with Crippen molar-refractivity contribution >= 4 is 22.8 Å². The van der Waals surface area contributed by atoms with Crippen LogP contribution in [0.3, 0.4) is 0 Å². The molecule has 0 aliphatic heterocycles. The molecule has 90 valence electrons. The van der Waals surface area contributed by atoms with E-state index in [2.05, 4.69) is 10.3 Å². The highest BCUT2D eigenvalue weighted by molar-refractivity contribution is 5.91. The summed E-state index contributed by atoms with van der Waals surface area (Å²) in [5, 5.41) is 13.0. The first-order chi connectivity index (χ1) is 8.07. The average Bonchev–Trinajstić information content (AvgIpc) is 2.77. The third-order valence-electron chi connectivity index (χ3n) is 2.95. The van der Waals surface area contributed by atoms with E-state index in [0.29, 0.717) is 17.8 Å². The summed E-state index contributed by atoms with van der Waals surface area (Å²) in [7, 11) is 0. The third kappa shape index (κ3) is 1.95. The van der Waals surface area contributed by atoms with E-state index in [-0.39, 0.29) is 0 Å². The van der Waals surface area contributed by atoms with Crippen LogP contribution in [-0.4, -0.2) is 21.6 Å². The Hall–Kier alpha value is -2.04. The minimum Gasteiger partial charge on any atom is -0.480 e. The quantitative estimate of drug-likeness (QED) is 0.850. The molecule has 0 saturated carbocycles. The summed E-state index contributed by atoms with van der Waals surface area (Å²) in [4.78, 5) is 15.4. The summed E-state index contributed by atoms with van der Waals surface area (Å²) in [6.07, 6.45) is 3.60. The fourth-order valence-electron chi connectivity index (χ4n) is 1.55. The molecular weight excluding hydrogens is 220 g/mol. The molecule has 0 bridgehead atoms. The monoisotopic (exact) mass is 234 g/mol. The molecule has 17 heavy (non-hydrogen) atoms. The molecule has 0 fully saturated rings. The minimum atomic E-state index is -1.03. The minimum absolute atomic E-state index is 0.457. The standard InChI is InChI=1S/C12H14N2O3/c1-3-12(2,11(15)16)14-10-8-5-7-17-9(8)4-6-13-10/h4-7H,3H2,1-2H3,(H,13,14)(H,15,16). The van der Waals surface area contributed by atoms with Crippen molar-refractivity contribution in [2.24, 2.45) is 0 Å². The van der Waals surface area contributed by atoms with E-state index in [1.54, 1.807) is 31.5 Å². The first-order valence-corrected chi connectivity index (χ1v) is 5.40. The Balaban J connectivity index is 2.41. The molecule has 0 spiro atoms. The summed E-state index contributed by atoms with van der Waals surface area (Å²) in [6, 6.07) is 3.51. The predicted octanol–water partition coefficient (Wildman–Crippen LogP) is 2.49. The Labute approximate surface area is 98.5 Å². The zero-order chi connectivity index (χ0) is 12.5. The Kier molecular flexibility index (Phi) is 2.75. The van der Waals surface area contributed by atoms with Crippen LogP contribution in [0.1, 0.15) is 20.3 Å². The van der Waals surface area contributed by atoms with Crippen molar-refractivity contribution in [3.63, 3.8) is 0 Å². The van der Waals surface area contributed by atoms with Gasteiger partial charge < -0.3 is 14.8 Å². The van der Waals surface area contributed by atoms with Crippen LogP contribution in [0, 0.1) is 0 Å². The predicted molar refractivity (Wildman–Crippen MR) is 64.0 cm³/mol. The average molecular weight is 234 g/mol. The van der Waals surface area contributed by atoms with Crippen molar-refractivity contribution in [2.45, 2.75) is 25.8 Å². The van der Waals surface area contributed by atoms with Gasteiger partial charge in [0.15, 0.2) is 0 Å². The van der Waals surface area contributed by atoms with Crippen LogP contribution in [0.15, 0.2) is 29.0 Å². The molecule has 0 aromatic carbocycles. The van der Waals surface area contributed by atoms with Gasteiger partial charge in [0.1, 0.15) is 16.9 Å². The number of hydrogen-bond donors (Lipinski definition) is 2. The van der Waals surface area contributed by atoms with Crippen molar-refractivity contribution < 1.29 is 14.3 Å². The van der Waals surface area contributed by atoms with E-state index in [1.807, 2.05) is 6.92 Å². The van der Waals surface area contributed by atoms with E-state index < -0.39 is 11.5 Å². The second-order valence-corrected chi connectivity index (χ2v) is 4.11. The molecule has 1 atom stereocenters. The van der Waals surface area contributed by atoms with E-state index >= 15 is 0 Å². The lowest BCUT2D eigenvalue weighted by atomic mass is 9.99. The zero-order valence-corrected chi connectivity index (χ0v) is 9.73.